The molecule has 110 valence electrons. The molecule has 2 aromatic heterocycles. The molecule has 2 heterocycles. The van der Waals surface area contributed by atoms with E-state index in [4.69, 9.17) is 0 Å². The van der Waals surface area contributed by atoms with Gasteiger partial charge in [0.2, 0.25) is 0 Å². The zero-order valence-corrected chi connectivity index (χ0v) is 12.0. The van der Waals surface area contributed by atoms with Crippen LogP contribution >= 0.6 is 11.3 Å². The Morgan fingerprint density at radius 2 is 2.29 bits per heavy atom. The summed E-state index contributed by atoms with van der Waals surface area (Å²) in [6.45, 7) is 1.55. The number of tetrazole rings is 1. The Bertz CT molecular complexity index is 679. The van der Waals surface area contributed by atoms with Crippen LogP contribution in [0.2, 0.25) is 0 Å². The van der Waals surface area contributed by atoms with Crippen LogP contribution in [0.1, 0.15) is 29.4 Å². The van der Waals surface area contributed by atoms with Gasteiger partial charge in [0.1, 0.15) is 16.7 Å². The zero-order valence-electron chi connectivity index (χ0n) is 11.2. The normalized spacial score (nSPS) is 17.2. The third-order valence-corrected chi connectivity index (χ3v) is 4.56. The van der Waals surface area contributed by atoms with E-state index in [1.807, 2.05) is 0 Å². The smallest absolute Gasteiger partial charge is 0.329 e. The number of aliphatic carboxylic acids is 1. The van der Waals surface area contributed by atoms with Crippen LogP contribution in [-0.2, 0) is 4.79 Å². The van der Waals surface area contributed by atoms with Crippen molar-refractivity contribution in [1.82, 2.24) is 25.5 Å². The molecule has 21 heavy (non-hydrogen) atoms. The Morgan fingerprint density at radius 3 is 2.86 bits per heavy atom. The summed E-state index contributed by atoms with van der Waals surface area (Å²) in [5.41, 5.74) is -0.704. The van der Waals surface area contributed by atoms with Gasteiger partial charge in [-0.15, -0.1) is 16.4 Å². The first-order valence-electron chi connectivity index (χ1n) is 6.39. The second-order valence-corrected chi connectivity index (χ2v) is 6.04. The molecule has 2 aromatic rings. The zero-order chi connectivity index (χ0) is 15.0. The highest BCUT2D eigenvalue weighted by atomic mass is 32.1. The van der Waals surface area contributed by atoms with Crippen molar-refractivity contribution >= 4 is 23.2 Å². The summed E-state index contributed by atoms with van der Waals surface area (Å²) >= 11 is 1.22. The van der Waals surface area contributed by atoms with E-state index < -0.39 is 17.4 Å². The van der Waals surface area contributed by atoms with Gasteiger partial charge in [-0.3, -0.25) is 4.79 Å². The highest BCUT2D eigenvalue weighted by molar-refractivity contribution is 7.12. The number of carbonyl (C=O) groups excluding carboxylic acids is 1. The first kappa shape index (κ1) is 13.7. The van der Waals surface area contributed by atoms with Gasteiger partial charge >= 0.3 is 5.97 Å². The summed E-state index contributed by atoms with van der Waals surface area (Å²) in [6, 6.07) is 1.71. The first-order valence-corrected chi connectivity index (χ1v) is 7.27. The molecular weight excluding hydrogens is 294 g/mol. The fourth-order valence-corrected chi connectivity index (χ4v) is 2.98. The lowest BCUT2D eigenvalue weighted by molar-refractivity contribution is -0.144. The minimum atomic E-state index is -1.24. The van der Waals surface area contributed by atoms with E-state index in [0.29, 0.717) is 10.6 Å². The lowest BCUT2D eigenvalue weighted by Gasteiger charge is -2.26. The molecule has 1 aliphatic carbocycles. The number of rotatable bonds is 5. The van der Waals surface area contributed by atoms with Gasteiger partial charge in [-0.25, -0.2) is 4.79 Å². The van der Waals surface area contributed by atoms with Crippen molar-refractivity contribution in [3.8, 4) is 5.69 Å². The maximum atomic E-state index is 12.4. The number of hydrogen-bond donors (Lipinski definition) is 2. The molecule has 1 fully saturated rings. The van der Waals surface area contributed by atoms with Crippen LogP contribution in [0.25, 0.3) is 5.69 Å². The largest absolute Gasteiger partial charge is 0.480 e. The molecule has 0 bridgehead atoms. The summed E-state index contributed by atoms with van der Waals surface area (Å²) in [4.78, 5) is 24.3. The molecule has 1 amide bonds. The molecule has 2 N–H and O–H groups in total. The van der Waals surface area contributed by atoms with Crippen molar-refractivity contribution in [2.24, 2.45) is 5.92 Å². The Balaban J connectivity index is 1.86. The van der Waals surface area contributed by atoms with E-state index in [-0.39, 0.29) is 5.92 Å². The molecule has 9 heteroatoms. The van der Waals surface area contributed by atoms with Gasteiger partial charge in [-0.2, -0.15) is 4.68 Å². The summed E-state index contributed by atoms with van der Waals surface area (Å²) < 4.78 is 1.38. The Labute approximate surface area is 123 Å². The van der Waals surface area contributed by atoms with Crippen LogP contribution in [0.3, 0.4) is 0 Å². The van der Waals surface area contributed by atoms with Gasteiger partial charge in [0.05, 0.1) is 5.69 Å². The van der Waals surface area contributed by atoms with E-state index >= 15 is 0 Å². The third-order valence-electron chi connectivity index (χ3n) is 3.66. The number of aromatic nitrogens is 4. The molecule has 0 radical (unpaired) electrons. The van der Waals surface area contributed by atoms with E-state index in [1.165, 1.54) is 22.3 Å². The first-order chi connectivity index (χ1) is 10.0. The van der Waals surface area contributed by atoms with Gasteiger partial charge in [0.15, 0.2) is 0 Å². The minimum absolute atomic E-state index is 0.0181. The Kier molecular flexibility index (Phi) is 3.20. The highest BCUT2D eigenvalue weighted by Crippen LogP contribution is 2.40. The van der Waals surface area contributed by atoms with Crippen LogP contribution < -0.4 is 5.32 Å². The number of carbonyl (C=O) groups is 2. The monoisotopic (exact) mass is 307 g/mol. The number of nitrogens with zero attached hydrogens (tertiary/aromatic N) is 4. The van der Waals surface area contributed by atoms with Crippen LogP contribution in [0.15, 0.2) is 17.8 Å². The number of nitrogens with one attached hydrogen (secondary N) is 1. The summed E-state index contributed by atoms with van der Waals surface area (Å²) in [6.07, 6.45) is 3.01. The van der Waals surface area contributed by atoms with Gasteiger partial charge in [0, 0.05) is 0 Å². The number of amides is 1. The number of thiophene rings is 1. The van der Waals surface area contributed by atoms with Crippen molar-refractivity contribution in [2.75, 3.05) is 0 Å². The molecule has 0 saturated heterocycles. The molecule has 1 saturated carbocycles. The van der Waals surface area contributed by atoms with Crippen molar-refractivity contribution in [3.63, 3.8) is 0 Å². The molecule has 1 aliphatic rings. The summed E-state index contributed by atoms with van der Waals surface area (Å²) in [5.74, 6) is -1.46. The van der Waals surface area contributed by atoms with Gasteiger partial charge < -0.3 is 10.4 Å². The van der Waals surface area contributed by atoms with Crippen molar-refractivity contribution in [2.45, 2.75) is 25.3 Å². The van der Waals surface area contributed by atoms with E-state index in [9.17, 15) is 14.7 Å². The second kappa shape index (κ2) is 4.92. The second-order valence-electron chi connectivity index (χ2n) is 5.13. The number of carboxylic acid groups (broad SMARTS) is 1. The lowest BCUT2D eigenvalue weighted by Crippen LogP contribution is -2.54. The molecule has 0 spiro atoms. The SMILES string of the molecule is CC(NC(=O)c1sccc1-n1cnnn1)(C(=O)O)C1CC1. The van der Waals surface area contributed by atoms with Gasteiger partial charge in [-0.05, 0) is 47.6 Å². The predicted octanol–water partition coefficient (Wildman–Crippen LogP) is 0.707. The molecule has 0 aliphatic heterocycles. The fourth-order valence-electron chi connectivity index (χ4n) is 2.21. The average Bonchev–Trinajstić information content (AvgIpc) is 2.98. The standard InChI is InChI=1S/C12H13N5O3S/c1-12(11(19)20,7-2-3-7)14-10(18)9-8(4-5-21-9)17-6-13-15-16-17/h4-7H,2-3H2,1H3,(H,14,18)(H,19,20). The Morgan fingerprint density at radius 1 is 1.52 bits per heavy atom. The topological polar surface area (TPSA) is 110 Å². The maximum Gasteiger partial charge on any atom is 0.329 e. The summed E-state index contributed by atoms with van der Waals surface area (Å²) in [5, 5.41) is 24.6. The number of carboxylic acids is 1. The minimum Gasteiger partial charge on any atom is -0.480 e. The predicted molar refractivity (Wildman–Crippen MR) is 73.3 cm³/mol. The van der Waals surface area contributed by atoms with Crippen LogP contribution in [0.4, 0.5) is 0 Å². The highest BCUT2D eigenvalue weighted by Gasteiger charge is 2.48. The van der Waals surface area contributed by atoms with Gasteiger partial charge in [0.25, 0.3) is 5.91 Å². The van der Waals surface area contributed by atoms with Crippen molar-refractivity contribution in [3.05, 3.63) is 22.7 Å². The molecule has 1 atom stereocenters. The maximum absolute atomic E-state index is 12.4. The van der Waals surface area contributed by atoms with Crippen molar-refractivity contribution in [1.29, 1.82) is 0 Å². The summed E-state index contributed by atoms with van der Waals surface area (Å²) in [7, 11) is 0. The third kappa shape index (κ3) is 2.40. The quantitative estimate of drug-likeness (QED) is 0.841. The van der Waals surface area contributed by atoms with Crippen LogP contribution in [-0.4, -0.2) is 42.7 Å². The van der Waals surface area contributed by atoms with Gasteiger partial charge in [-0.1, -0.05) is 0 Å². The Hall–Kier alpha value is -2.29. The van der Waals surface area contributed by atoms with Crippen LogP contribution in [0.5, 0.6) is 0 Å². The fraction of sp³-hybridized carbons (Fsp3) is 0.417. The molecule has 1 unspecified atom stereocenters. The molecular formula is C12H13N5O3S. The lowest BCUT2D eigenvalue weighted by atomic mass is 9.96. The molecule has 8 nitrogen and oxygen atoms in total. The van der Waals surface area contributed by atoms with E-state index in [1.54, 1.807) is 18.4 Å². The molecule has 0 aromatic carbocycles. The van der Waals surface area contributed by atoms with Crippen LogP contribution in [0, 0.1) is 5.92 Å². The van der Waals surface area contributed by atoms with E-state index in [2.05, 4.69) is 20.8 Å². The molecule has 3 rings (SSSR count). The average molecular weight is 307 g/mol. The van der Waals surface area contributed by atoms with E-state index in [0.717, 1.165) is 12.8 Å². The van der Waals surface area contributed by atoms with Crippen molar-refractivity contribution < 1.29 is 14.7 Å². The number of hydrogen-bond acceptors (Lipinski definition) is 6.